The van der Waals surface area contributed by atoms with E-state index in [-0.39, 0.29) is 16.7 Å². The molecule has 0 unspecified atom stereocenters. The molecule has 0 aliphatic heterocycles. The third-order valence-corrected chi connectivity index (χ3v) is 2.81. The fourth-order valence-corrected chi connectivity index (χ4v) is 1.86. The summed E-state index contributed by atoms with van der Waals surface area (Å²) in [6, 6.07) is 13.5. The van der Waals surface area contributed by atoms with Gasteiger partial charge in [0.2, 0.25) is 0 Å². The summed E-state index contributed by atoms with van der Waals surface area (Å²) in [7, 11) is 0. The van der Waals surface area contributed by atoms with E-state index in [2.05, 4.69) is 0 Å². The van der Waals surface area contributed by atoms with E-state index in [4.69, 9.17) is 10.2 Å². The number of carbonyl (C=O) groups is 2. The van der Waals surface area contributed by atoms with Crippen LogP contribution >= 0.6 is 0 Å². The minimum absolute atomic E-state index is 0.0305. The molecule has 2 aromatic carbocycles. The second kappa shape index (κ2) is 5.84. The van der Waals surface area contributed by atoms with Crippen LogP contribution in [-0.2, 0) is 0 Å². The van der Waals surface area contributed by atoms with Gasteiger partial charge in [-0.2, -0.15) is 0 Å². The minimum atomic E-state index is -1.15. The van der Waals surface area contributed by atoms with E-state index >= 15 is 0 Å². The van der Waals surface area contributed by atoms with Crippen molar-refractivity contribution in [3.8, 4) is 0 Å². The minimum Gasteiger partial charge on any atom is -0.478 e. The standard InChI is InChI=1S/C16H12O4/c17-15(18)13-7-4-8-14(16(19)20)12(13)10-9-11-5-2-1-3-6-11/h1-10H,(H,17,18)(H,19,20)/b10-9+. The second-order valence-electron chi connectivity index (χ2n) is 4.12. The number of carboxylic acids is 2. The van der Waals surface area contributed by atoms with Gasteiger partial charge in [0.1, 0.15) is 0 Å². The lowest BCUT2D eigenvalue weighted by atomic mass is 9.99. The highest BCUT2D eigenvalue weighted by Gasteiger charge is 2.15. The molecule has 2 N–H and O–H groups in total. The zero-order chi connectivity index (χ0) is 14.5. The van der Waals surface area contributed by atoms with Crippen LogP contribution in [0, 0.1) is 0 Å². The fourth-order valence-electron chi connectivity index (χ4n) is 1.86. The van der Waals surface area contributed by atoms with Crippen LogP contribution < -0.4 is 0 Å². The summed E-state index contributed by atoms with van der Waals surface area (Å²) in [6.45, 7) is 0. The van der Waals surface area contributed by atoms with Crippen LogP contribution in [0.3, 0.4) is 0 Å². The Hall–Kier alpha value is -2.88. The van der Waals surface area contributed by atoms with Crippen LogP contribution in [-0.4, -0.2) is 22.2 Å². The van der Waals surface area contributed by atoms with Gasteiger partial charge < -0.3 is 10.2 Å². The summed E-state index contributed by atoms with van der Waals surface area (Å²) in [5.41, 5.74) is 0.995. The van der Waals surface area contributed by atoms with Gasteiger partial charge in [-0.3, -0.25) is 0 Å². The predicted molar refractivity (Wildman–Crippen MR) is 75.7 cm³/mol. The molecule has 2 rings (SSSR count). The Morgan fingerprint density at radius 2 is 1.30 bits per heavy atom. The monoisotopic (exact) mass is 268 g/mol. The topological polar surface area (TPSA) is 74.6 Å². The molecule has 0 aliphatic carbocycles. The lowest BCUT2D eigenvalue weighted by Gasteiger charge is -2.05. The van der Waals surface area contributed by atoms with Gasteiger partial charge in [-0.15, -0.1) is 0 Å². The van der Waals surface area contributed by atoms with E-state index in [1.165, 1.54) is 24.3 Å². The van der Waals surface area contributed by atoms with Crippen LogP contribution in [0.25, 0.3) is 12.2 Å². The molecule has 0 amide bonds. The first-order valence-electron chi connectivity index (χ1n) is 5.92. The molecule has 100 valence electrons. The first-order chi connectivity index (χ1) is 9.59. The highest BCUT2D eigenvalue weighted by Crippen LogP contribution is 2.19. The molecular formula is C16H12O4. The van der Waals surface area contributed by atoms with Crippen LogP contribution in [0.5, 0.6) is 0 Å². The molecule has 0 spiro atoms. The predicted octanol–water partition coefficient (Wildman–Crippen LogP) is 3.25. The molecular weight excluding hydrogens is 256 g/mol. The third-order valence-electron chi connectivity index (χ3n) is 2.81. The van der Waals surface area contributed by atoms with Crippen molar-refractivity contribution in [1.82, 2.24) is 0 Å². The molecule has 2 aromatic rings. The maximum Gasteiger partial charge on any atom is 0.336 e. The zero-order valence-corrected chi connectivity index (χ0v) is 10.5. The number of aromatic carboxylic acids is 2. The molecule has 4 heteroatoms. The van der Waals surface area contributed by atoms with Gasteiger partial charge in [-0.25, -0.2) is 9.59 Å². The smallest absolute Gasteiger partial charge is 0.336 e. The summed E-state index contributed by atoms with van der Waals surface area (Å²) < 4.78 is 0. The van der Waals surface area contributed by atoms with E-state index in [9.17, 15) is 9.59 Å². The largest absolute Gasteiger partial charge is 0.478 e. The van der Waals surface area contributed by atoms with Crippen molar-refractivity contribution >= 4 is 24.1 Å². The second-order valence-corrected chi connectivity index (χ2v) is 4.12. The number of hydrogen-bond donors (Lipinski definition) is 2. The van der Waals surface area contributed by atoms with E-state index in [1.807, 2.05) is 30.3 Å². The number of rotatable bonds is 4. The Morgan fingerprint density at radius 1 is 0.750 bits per heavy atom. The molecule has 0 aromatic heterocycles. The lowest BCUT2D eigenvalue weighted by Crippen LogP contribution is -2.06. The van der Waals surface area contributed by atoms with Crippen molar-refractivity contribution in [2.24, 2.45) is 0 Å². The zero-order valence-electron chi connectivity index (χ0n) is 10.5. The van der Waals surface area contributed by atoms with Gasteiger partial charge in [-0.1, -0.05) is 48.6 Å². The average molecular weight is 268 g/mol. The Kier molecular flexibility index (Phi) is 3.96. The lowest BCUT2D eigenvalue weighted by molar-refractivity contribution is 0.0696. The first kappa shape index (κ1) is 13.5. The van der Waals surface area contributed by atoms with Crippen molar-refractivity contribution in [2.45, 2.75) is 0 Å². The number of hydrogen-bond acceptors (Lipinski definition) is 2. The summed E-state index contributed by atoms with van der Waals surface area (Å²) in [5, 5.41) is 18.3. The van der Waals surface area contributed by atoms with Gasteiger partial charge in [0.15, 0.2) is 0 Å². The SMILES string of the molecule is O=C(O)c1cccc(C(=O)O)c1/C=C/c1ccccc1. The molecule has 0 atom stereocenters. The summed E-state index contributed by atoms with van der Waals surface area (Å²) >= 11 is 0. The van der Waals surface area contributed by atoms with Gasteiger partial charge in [-0.05, 0) is 17.7 Å². The summed E-state index contributed by atoms with van der Waals surface area (Å²) in [4.78, 5) is 22.4. The molecule has 0 heterocycles. The van der Waals surface area contributed by atoms with Crippen molar-refractivity contribution < 1.29 is 19.8 Å². The Morgan fingerprint density at radius 3 is 1.80 bits per heavy atom. The van der Waals surface area contributed by atoms with E-state index in [0.717, 1.165) is 5.56 Å². The summed E-state index contributed by atoms with van der Waals surface area (Å²) in [6.07, 6.45) is 3.20. The normalized spacial score (nSPS) is 10.6. The van der Waals surface area contributed by atoms with Crippen LogP contribution in [0.15, 0.2) is 48.5 Å². The highest BCUT2D eigenvalue weighted by molar-refractivity contribution is 6.01. The molecule has 0 aliphatic rings. The van der Waals surface area contributed by atoms with Crippen molar-refractivity contribution in [3.05, 3.63) is 70.8 Å². The Balaban J connectivity index is 2.51. The quantitative estimate of drug-likeness (QED) is 0.835. The molecule has 0 bridgehead atoms. The van der Waals surface area contributed by atoms with Crippen molar-refractivity contribution in [1.29, 1.82) is 0 Å². The van der Waals surface area contributed by atoms with Crippen molar-refractivity contribution in [3.63, 3.8) is 0 Å². The van der Waals surface area contributed by atoms with E-state index in [1.54, 1.807) is 6.08 Å². The highest BCUT2D eigenvalue weighted by atomic mass is 16.4. The van der Waals surface area contributed by atoms with Gasteiger partial charge in [0.25, 0.3) is 0 Å². The van der Waals surface area contributed by atoms with E-state index in [0.29, 0.717) is 0 Å². The molecule has 0 fully saturated rings. The van der Waals surface area contributed by atoms with Gasteiger partial charge >= 0.3 is 11.9 Å². The summed E-state index contributed by atoms with van der Waals surface area (Å²) in [5.74, 6) is -2.30. The Labute approximate surface area is 115 Å². The average Bonchev–Trinajstić information content (AvgIpc) is 2.45. The number of benzene rings is 2. The molecule has 0 saturated heterocycles. The molecule has 0 radical (unpaired) electrons. The van der Waals surface area contributed by atoms with Crippen LogP contribution in [0.4, 0.5) is 0 Å². The van der Waals surface area contributed by atoms with Gasteiger partial charge in [0, 0.05) is 5.56 Å². The van der Waals surface area contributed by atoms with E-state index < -0.39 is 11.9 Å². The maximum atomic E-state index is 11.2. The third kappa shape index (κ3) is 2.92. The molecule has 0 saturated carbocycles. The first-order valence-corrected chi connectivity index (χ1v) is 5.92. The van der Waals surface area contributed by atoms with Crippen LogP contribution in [0.1, 0.15) is 31.8 Å². The Bertz CT molecular complexity index is 640. The van der Waals surface area contributed by atoms with Crippen molar-refractivity contribution in [2.75, 3.05) is 0 Å². The fraction of sp³-hybridized carbons (Fsp3) is 0. The molecule has 4 nitrogen and oxygen atoms in total. The van der Waals surface area contributed by atoms with Gasteiger partial charge in [0.05, 0.1) is 11.1 Å². The number of carboxylic acid groups (broad SMARTS) is 2. The van der Waals surface area contributed by atoms with Crippen LogP contribution in [0.2, 0.25) is 0 Å². The maximum absolute atomic E-state index is 11.2. The molecule has 20 heavy (non-hydrogen) atoms.